The van der Waals surface area contributed by atoms with E-state index in [2.05, 4.69) is 10.3 Å². The lowest BCUT2D eigenvalue weighted by atomic mass is 10.1. The highest BCUT2D eigenvalue weighted by Gasteiger charge is 2.20. The predicted molar refractivity (Wildman–Crippen MR) is 68.5 cm³/mol. The van der Waals surface area contributed by atoms with Gasteiger partial charge in [0.25, 0.3) is 0 Å². The molecule has 0 amide bonds. The van der Waals surface area contributed by atoms with Gasteiger partial charge < -0.3 is 9.84 Å². The van der Waals surface area contributed by atoms with Crippen LogP contribution in [0.2, 0.25) is 0 Å². The summed E-state index contributed by atoms with van der Waals surface area (Å²) >= 11 is 0. The second-order valence-electron chi connectivity index (χ2n) is 4.32. The number of aromatic carboxylic acids is 1. The normalized spacial score (nSPS) is 10.7. The zero-order chi connectivity index (χ0) is 14.0. The maximum Gasteiger partial charge on any atom is 0.358 e. The molecular formula is C13H15N3O3. The number of nitrogens with zero attached hydrogens (tertiary/aromatic N) is 3. The Morgan fingerprint density at radius 2 is 2.16 bits per heavy atom. The molecule has 6 nitrogen and oxygen atoms in total. The smallest absolute Gasteiger partial charge is 0.358 e. The summed E-state index contributed by atoms with van der Waals surface area (Å²) < 4.78 is 6.57. The minimum atomic E-state index is -1.11. The first-order valence-electron chi connectivity index (χ1n) is 5.79. The molecule has 0 saturated carbocycles. The van der Waals surface area contributed by atoms with Gasteiger partial charge in [-0.15, -0.1) is 5.10 Å². The van der Waals surface area contributed by atoms with E-state index in [4.69, 9.17) is 9.84 Å². The molecule has 0 aliphatic rings. The minimum absolute atomic E-state index is 0.0808. The summed E-state index contributed by atoms with van der Waals surface area (Å²) in [6.45, 7) is 4.05. The second kappa shape index (κ2) is 5.19. The average molecular weight is 261 g/mol. The van der Waals surface area contributed by atoms with E-state index >= 15 is 0 Å². The van der Waals surface area contributed by atoms with Crippen LogP contribution >= 0.6 is 0 Å². The molecule has 0 radical (unpaired) electrons. The van der Waals surface area contributed by atoms with Crippen molar-refractivity contribution in [2.75, 3.05) is 7.11 Å². The molecule has 6 heteroatoms. The SMILES string of the molecule is COCc1c(C(=O)O)nnn1-c1cc(C)ccc1C. The Morgan fingerprint density at radius 3 is 2.79 bits per heavy atom. The summed E-state index contributed by atoms with van der Waals surface area (Å²) in [7, 11) is 1.51. The van der Waals surface area contributed by atoms with Crippen molar-refractivity contribution in [2.45, 2.75) is 20.5 Å². The lowest BCUT2D eigenvalue weighted by molar-refractivity contribution is 0.0685. The molecule has 2 aromatic rings. The van der Waals surface area contributed by atoms with Gasteiger partial charge in [-0.3, -0.25) is 0 Å². The van der Waals surface area contributed by atoms with Gasteiger partial charge in [0, 0.05) is 7.11 Å². The van der Waals surface area contributed by atoms with Crippen LogP contribution in [0.15, 0.2) is 18.2 Å². The van der Waals surface area contributed by atoms with Crippen molar-refractivity contribution in [3.05, 3.63) is 40.7 Å². The highest BCUT2D eigenvalue weighted by atomic mass is 16.5. The lowest BCUT2D eigenvalue weighted by Crippen LogP contribution is -2.09. The van der Waals surface area contributed by atoms with Crippen LogP contribution in [0, 0.1) is 13.8 Å². The number of carboxylic acids is 1. The second-order valence-corrected chi connectivity index (χ2v) is 4.32. The van der Waals surface area contributed by atoms with E-state index in [-0.39, 0.29) is 12.3 Å². The third-order valence-electron chi connectivity index (χ3n) is 2.84. The maximum absolute atomic E-state index is 11.1. The predicted octanol–water partition coefficient (Wildman–Crippen LogP) is 1.73. The molecule has 0 aliphatic carbocycles. The van der Waals surface area contributed by atoms with E-state index < -0.39 is 5.97 Å². The fourth-order valence-corrected chi connectivity index (χ4v) is 1.88. The van der Waals surface area contributed by atoms with Crippen molar-refractivity contribution in [3.63, 3.8) is 0 Å². The Balaban J connectivity index is 2.61. The number of methoxy groups -OCH3 is 1. The summed E-state index contributed by atoms with van der Waals surface area (Å²) in [5, 5.41) is 16.8. The van der Waals surface area contributed by atoms with Crippen molar-refractivity contribution in [1.82, 2.24) is 15.0 Å². The molecule has 0 bridgehead atoms. The van der Waals surface area contributed by atoms with Crippen LogP contribution < -0.4 is 0 Å². The van der Waals surface area contributed by atoms with E-state index in [0.717, 1.165) is 16.8 Å². The topological polar surface area (TPSA) is 77.2 Å². The summed E-state index contributed by atoms with van der Waals surface area (Å²) in [5.74, 6) is -1.11. The first-order valence-corrected chi connectivity index (χ1v) is 5.79. The van der Waals surface area contributed by atoms with E-state index in [9.17, 15) is 4.79 Å². The number of hydrogen-bond donors (Lipinski definition) is 1. The number of carbonyl (C=O) groups is 1. The van der Waals surface area contributed by atoms with E-state index in [1.807, 2.05) is 32.0 Å². The summed E-state index contributed by atoms with van der Waals surface area (Å²) in [6, 6.07) is 5.89. The molecule has 100 valence electrons. The van der Waals surface area contributed by atoms with Crippen LogP contribution in [-0.4, -0.2) is 33.2 Å². The third kappa shape index (κ3) is 2.48. The number of aryl methyl sites for hydroxylation is 2. The Labute approximate surface area is 110 Å². The van der Waals surface area contributed by atoms with Gasteiger partial charge >= 0.3 is 5.97 Å². The van der Waals surface area contributed by atoms with Gasteiger partial charge in [0.15, 0.2) is 5.69 Å². The molecular weight excluding hydrogens is 246 g/mol. The molecule has 0 saturated heterocycles. The largest absolute Gasteiger partial charge is 0.476 e. The van der Waals surface area contributed by atoms with Crippen LogP contribution in [-0.2, 0) is 11.3 Å². The van der Waals surface area contributed by atoms with Crippen LogP contribution in [0.1, 0.15) is 27.3 Å². The first kappa shape index (κ1) is 13.2. The molecule has 0 unspecified atom stereocenters. The summed E-state index contributed by atoms with van der Waals surface area (Å²) in [4.78, 5) is 11.1. The van der Waals surface area contributed by atoms with Crippen molar-refractivity contribution in [1.29, 1.82) is 0 Å². The van der Waals surface area contributed by atoms with Gasteiger partial charge in [-0.1, -0.05) is 17.3 Å². The zero-order valence-corrected chi connectivity index (χ0v) is 11.0. The quantitative estimate of drug-likeness (QED) is 0.906. The molecule has 2 rings (SSSR count). The zero-order valence-electron chi connectivity index (χ0n) is 11.0. The van der Waals surface area contributed by atoms with Crippen molar-refractivity contribution in [2.24, 2.45) is 0 Å². The Morgan fingerprint density at radius 1 is 1.42 bits per heavy atom. The highest BCUT2D eigenvalue weighted by molar-refractivity contribution is 5.86. The number of ether oxygens (including phenoxy) is 1. The van der Waals surface area contributed by atoms with E-state index in [1.165, 1.54) is 11.8 Å². The van der Waals surface area contributed by atoms with E-state index in [1.54, 1.807) is 0 Å². The fourth-order valence-electron chi connectivity index (χ4n) is 1.88. The van der Waals surface area contributed by atoms with Gasteiger partial charge in [-0.2, -0.15) is 0 Å². The third-order valence-corrected chi connectivity index (χ3v) is 2.84. The van der Waals surface area contributed by atoms with Crippen LogP contribution in [0.4, 0.5) is 0 Å². The van der Waals surface area contributed by atoms with E-state index in [0.29, 0.717) is 5.69 Å². The number of hydrogen-bond acceptors (Lipinski definition) is 4. The van der Waals surface area contributed by atoms with Crippen molar-refractivity contribution >= 4 is 5.97 Å². The lowest BCUT2D eigenvalue weighted by Gasteiger charge is -2.10. The van der Waals surface area contributed by atoms with Crippen LogP contribution in [0.3, 0.4) is 0 Å². The maximum atomic E-state index is 11.1. The summed E-state index contributed by atoms with van der Waals surface area (Å²) in [6.07, 6.45) is 0. The average Bonchev–Trinajstić information content (AvgIpc) is 2.76. The van der Waals surface area contributed by atoms with Crippen molar-refractivity contribution < 1.29 is 14.6 Å². The van der Waals surface area contributed by atoms with Gasteiger partial charge in [0.2, 0.25) is 0 Å². The molecule has 19 heavy (non-hydrogen) atoms. The van der Waals surface area contributed by atoms with Gasteiger partial charge in [0.05, 0.1) is 12.3 Å². The van der Waals surface area contributed by atoms with Gasteiger partial charge in [0.1, 0.15) is 5.69 Å². The highest BCUT2D eigenvalue weighted by Crippen LogP contribution is 2.19. The molecule has 0 fully saturated rings. The molecule has 0 spiro atoms. The van der Waals surface area contributed by atoms with Gasteiger partial charge in [-0.05, 0) is 31.0 Å². The number of benzene rings is 1. The summed E-state index contributed by atoms with van der Waals surface area (Å²) in [5.41, 5.74) is 3.22. The minimum Gasteiger partial charge on any atom is -0.476 e. The molecule has 1 heterocycles. The number of carboxylic acid groups (broad SMARTS) is 1. The monoisotopic (exact) mass is 261 g/mol. The molecule has 1 aromatic carbocycles. The standard InChI is InChI=1S/C13H15N3O3/c1-8-4-5-9(2)10(6-8)16-11(7-19-3)12(13(17)18)14-15-16/h4-6H,7H2,1-3H3,(H,17,18). The molecule has 0 aliphatic heterocycles. The van der Waals surface area contributed by atoms with Gasteiger partial charge in [-0.25, -0.2) is 9.48 Å². The van der Waals surface area contributed by atoms with Crippen molar-refractivity contribution in [3.8, 4) is 5.69 Å². The van der Waals surface area contributed by atoms with Crippen LogP contribution in [0.25, 0.3) is 5.69 Å². The van der Waals surface area contributed by atoms with Crippen LogP contribution in [0.5, 0.6) is 0 Å². The Hall–Kier alpha value is -2.21. The molecule has 1 N–H and O–H groups in total. The Bertz CT molecular complexity index is 620. The Kier molecular flexibility index (Phi) is 3.62. The number of aromatic nitrogens is 3. The first-order chi connectivity index (χ1) is 9.04. The molecule has 1 aromatic heterocycles. The molecule has 0 atom stereocenters. The fraction of sp³-hybridized carbons (Fsp3) is 0.308. The number of rotatable bonds is 4.